The van der Waals surface area contributed by atoms with Gasteiger partial charge in [0.05, 0.1) is 0 Å². The second kappa shape index (κ2) is 18.2. The Bertz CT molecular complexity index is 42.3. The zero-order chi connectivity index (χ0) is 9.86. The Kier molecular flexibility index (Phi) is 31.3. The summed E-state index contributed by atoms with van der Waals surface area (Å²) < 4.78 is 0. The van der Waals surface area contributed by atoms with Crippen LogP contribution in [-0.2, 0) is 10.9 Å². The normalized spacial score (nSPS) is 8.55. The van der Waals surface area contributed by atoms with E-state index in [1.54, 1.807) is 0 Å². The van der Waals surface area contributed by atoms with Gasteiger partial charge < -0.3 is 0 Å². The van der Waals surface area contributed by atoms with Crippen molar-refractivity contribution in [3.8, 4) is 0 Å². The topological polar surface area (TPSA) is 0 Å². The molecule has 11 heavy (non-hydrogen) atoms. The first kappa shape index (κ1) is 19.0. The van der Waals surface area contributed by atoms with Gasteiger partial charge in [0, 0.05) is 40.0 Å². The predicted molar refractivity (Wildman–Crippen MR) is 70.0 cm³/mol. The Morgan fingerprint density at radius 3 is 0.727 bits per heavy atom. The molecule has 0 spiro atoms. The third-order valence-electron chi connectivity index (χ3n) is 0. The van der Waals surface area contributed by atoms with Gasteiger partial charge in [-0.05, 0) is 15.8 Å². The summed E-state index contributed by atoms with van der Waals surface area (Å²) in [6.45, 7) is 13.6. The fourth-order valence-corrected chi connectivity index (χ4v) is 0. The Balaban J connectivity index is -0.0000000886. The SMILES string of the molecule is C[PH+](C)C.C[PH+](C)C.[Br][Ni][Br]. The van der Waals surface area contributed by atoms with Crippen LogP contribution in [0.3, 0.4) is 0 Å². The van der Waals surface area contributed by atoms with Crippen LogP contribution in [0.2, 0.25) is 0 Å². The Morgan fingerprint density at radius 1 is 0.727 bits per heavy atom. The van der Waals surface area contributed by atoms with Crippen LogP contribution in [0.15, 0.2) is 0 Å². The van der Waals surface area contributed by atoms with Crippen molar-refractivity contribution in [2.45, 2.75) is 0 Å². The van der Waals surface area contributed by atoms with Crippen molar-refractivity contribution in [3.63, 3.8) is 0 Å². The van der Waals surface area contributed by atoms with Crippen molar-refractivity contribution in [2.75, 3.05) is 40.0 Å². The molecular formula is C6H20Br2NiP2+2. The van der Waals surface area contributed by atoms with E-state index in [1.807, 2.05) is 0 Å². The van der Waals surface area contributed by atoms with Gasteiger partial charge in [-0.2, -0.15) is 0 Å². The van der Waals surface area contributed by atoms with Crippen LogP contribution in [0.4, 0.5) is 0 Å². The number of hydrogen-bond donors (Lipinski definition) is 0. The van der Waals surface area contributed by atoms with Gasteiger partial charge in [-0.25, -0.2) is 0 Å². The molecule has 0 aliphatic heterocycles. The summed E-state index contributed by atoms with van der Waals surface area (Å²) >= 11 is 6.00. The quantitative estimate of drug-likeness (QED) is 0.447. The molecule has 0 aliphatic rings. The standard InChI is InChI=1S/2C3H9P.2BrH.Ni/c2*1-4(2)3;;;/h2*1-3H3;2*1H;/q;;;;+2. The van der Waals surface area contributed by atoms with Crippen LogP contribution in [0.5, 0.6) is 0 Å². The van der Waals surface area contributed by atoms with Gasteiger partial charge >= 0.3 is 39.3 Å². The summed E-state index contributed by atoms with van der Waals surface area (Å²) in [4.78, 5) is 0. The van der Waals surface area contributed by atoms with E-state index in [0.29, 0.717) is 0 Å². The molecule has 0 heterocycles. The maximum absolute atomic E-state index is 3.00. The second-order valence-electron chi connectivity index (χ2n) is 3.05. The van der Waals surface area contributed by atoms with Gasteiger partial charge in [-0.3, -0.25) is 0 Å². The molecule has 0 aliphatic carbocycles. The summed E-state index contributed by atoms with van der Waals surface area (Å²) in [5, 5.41) is 0. The molecule has 0 aromatic rings. The van der Waals surface area contributed by atoms with Crippen molar-refractivity contribution >= 4 is 44.3 Å². The van der Waals surface area contributed by atoms with Crippen LogP contribution in [-0.4, -0.2) is 40.0 Å². The molecule has 76 valence electrons. The second-order valence-corrected chi connectivity index (χ2v) is 14.0. The molecule has 0 amide bonds. The first-order valence-electron chi connectivity index (χ1n) is 3.24. The summed E-state index contributed by atoms with van der Waals surface area (Å²) in [5.74, 6) is 0. The zero-order valence-corrected chi connectivity index (χ0v) is 14.2. The molecule has 0 saturated heterocycles. The van der Waals surface area contributed by atoms with E-state index >= 15 is 0 Å². The molecule has 0 radical (unpaired) electrons. The van der Waals surface area contributed by atoms with E-state index < -0.39 is 0 Å². The third-order valence-corrected chi connectivity index (χ3v) is 0. The summed E-state index contributed by atoms with van der Waals surface area (Å²) in [6, 6.07) is 0. The predicted octanol–water partition coefficient (Wildman–Crippen LogP) is 3.87. The van der Waals surface area contributed by atoms with E-state index in [4.69, 9.17) is 0 Å². The summed E-state index contributed by atoms with van der Waals surface area (Å²) in [7, 11) is 1.49. The fraction of sp³-hybridized carbons (Fsp3) is 1.00. The molecule has 0 N–H and O–H groups in total. The number of halogens is 2. The molecule has 0 bridgehead atoms. The number of rotatable bonds is 0. The maximum atomic E-state index is 3.00. The van der Waals surface area contributed by atoms with Gasteiger partial charge in [0.25, 0.3) is 0 Å². The molecule has 0 rings (SSSR count). The van der Waals surface area contributed by atoms with Crippen molar-refractivity contribution in [1.82, 2.24) is 0 Å². The minimum atomic E-state index is 0.120. The molecule has 0 fully saturated rings. The molecule has 0 atom stereocenters. The number of hydrogen-bond acceptors (Lipinski definition) is 0. The van der Waals surface area contributed by atoms with Gasteiger partial charge in [-0.15, -0.1) is 0 Å². The molecule has 0 aromatic heterocycles. The van der Waals surface area contributed by atoms with Gasteiger partial charge in [0.2, 0.25) is 0 Å². The van der Waals surface area contributed by atoms with Crippen LogP contribution < -0.4 is 0 Å². The Morgan fingerprint density at radius 2 is 0.727 bits per heavy atom. The van der Waals surface area contributed by atoms with Crippen LogP contribution >= 0.6 is 44.3 Å². The van der Waals surface area contributed by atoms with Gasteiger partial charge in [0.1, 0.15) is 0 Å². The minimum absolute atomic E-state index is 0.120. The molecule has 0 nitrogen and oxygen atoms in total. The van der Waals surface area contributed by atoms with Crippen molar-refractivity contribution < 1.29 is 10.9 Å². The molecule has 0 aromatic carbocycles. The molecule has 0 unspecified atom stereocenters. The van der Waals surface area contributed by atoms with E-state index in [0.717, 1.165) is 0 Å². The van der Waals surface area contributed by atoms with E-state index in [1.165, 1.54) is 10.9 Å². The van der Waals surface area contributed by atoms with Crippen LogP contribution in [0.1, 0.15) is 0 Å². The van der Waals surface area contributed by atoms with Gasteiger partial charge in [-0.1, -0.05) is 0 Å². The Labute approximate surface area is 94.5 Å². The van der Waals surface area contributed by atoms with Gasteiger partial charge in [0.15, 0.2) is 0 Å². The summed E-state index contributed by atoms with van der Waals surface area (Å²) in [5.41, 5.74) is 0. The fourth-order valence-electron chi connectivity index (χ4n) is 0. The van der Waals surface area contributed by atoms with Crippen molar-refractivity contribution in [2.24, 2.45) is 0 Å². The monoisotopic (exact) mass is 370 g/mol. The van der Waals surface area contributed by atoms with Crippen molar-refractivity contribution in [1.29, 1.82) is 0 Å². The summed E-state index contributed by atoms with van der Waals surface area (Å²) in [6.07, 6.45) is 0. The van der Waals surface area contributed by atoms with Crippen LogP contribution in [0.25, 0.3) is 0 Å². The molecule has 5 heteroatoms. The van der Waals surface area contributed by atoms with E-state index in [-0.39, 0.29) is 15.8 Å². The Hall–Kier alpha value is 2.31. The molecular weight excluding hydrogens is 353 g/mol. The van der Waals surface area contributed by atoms with E-state index in [2.05, 4.69) is 68.4 Å². The average Bonchev–Trinajstić information content (AvgIpc) is 1.60. The average molecular weight is 373 g/mol. The first-order chi connectivity index (χ1) is 4.88. The zero-order valence-electron chi connectivity index (χ0n) is 8.07. The van der Waals surface area contributed by atoms with Crippen LogP contribution in [0, 0.1) is 0 Å². The molecule has 0 saturated carbocycles. The first-order valence-corrected chi connectivity index (χ1v) is 14.1. The third kappa shape index (κ3) is 245. The van der Waals surface area contributed by atoms with Crippen molar-refractivity contribution in [3.05, 3.63) is 0 Å². The van der Waals surface area contributed by atoms with E-state index in [9.17, 15) is 0 Å².